The van der Waals surface area contributed by atoms with Crippen LogP contribution in [0.1, 0.15) is 0 Å². The smallest absolute Gasteiger partial charge is 0.405 e. The fourth-order valence-corrected chi connectivity index (χ4v) is 1.05. The first-order valence-corrected chi connectivity index (χ1v) is 3.54. The number of likely N-dealkylation sites (tertiary alicyclic amines) is 1. The number of carbonyl (C=O) groups excluding carboxylic acids is 1. The van der Waals surface area contributed by atoms with E-state index in [9.17, 15) is 9.59 Å². The molecule has 0 bridgehead atoms. The Morgan fingerprint density at radius 3 is 2.58 bits per heavy atom. The van der Waals surface area contributed by atoms with E-state index in [-0.39, 0.29) is 11.9 Å². The van der Waals surface area contributed by atoms with Crippen LogP contribution in [0.2, 0.25) is 0 Å². The highest BCUT2D eigenvalue weighted by atomic mass is 16.4. The van der Waals surface area contributed by atoms with Gasteiger partial charge in [-0.15, -0.1) is 0 Å². The highest BCUT2D eigenvalue weighted by molar-refractivity contribution is 5.87. The Labute approximate surface area is 69.7 Å². The zero-order chi connectivity index (χ0) is 9.14. The summed E-state index contributed by atoms with van der Waals surface area (Å²) in [5, 5.41) is 10.6. The van der Waals surface area contributed by atoms with Gasteiger partial charge in [0.15, 0.2) is 0 Å². The maximum Gasteiger partial charge on any atom is 0.405 e. The van der Waals surface area contributed by atoms with Crippen LogP contribution in [-0.2, 0) is 4.79 Å². The Bertz CT molecular complexity index is 221. The summed E-state index contributed by atoms with van der Waals surface area (Å²) in [5.74, 6) is -0.154. The fourth-order valence-electron chi connectivity index (χ4n) is 1.05. The van der Waals surface area contributed by atoms with Crippen LogP contribution < -0.4 is 5.32 Å². The van der Waals surface area contributed by atoms with E-state index in [2.05, 4.69) is 11.9 Å². The summed E-state index contributed by atoms with van der Waals surface area (Å²) in [6.07, 6.45) is 0.169. The van der Waals surface area contributed by atoms with Crippen molar-refractivity contribution in [1.29, 1.82) is 0 Å². The van der Waals surface area contributed by atoms with E-state index in [0.29, 0.717) is 13.1 Å². The highest BCUT2D eigenvalue weighted by Gasteiger charge is 2.29. The SMILES string of the molecule is C=CC(=O)N1CC(NC(=O)O)C1. The molecule has 0 aromatic rings. The lowest BCUT2D eigenvalue weighted by Gasteiger charge is -2.38. The van der Waals surface area contributed by atoms with Crippen LogP contribution in [-0.4, -0.2) is 41.1 Å². The first-order chi connectivity index (χ1) is 5.63. The number of nitrogens with one attached hydrogen (secondary N) is 1. The topological polar surface area (TPSA) is 69.6 Å². The standard InChI is InChI=1S/C7H10N2O3/c1-2-6(10)9-3-5(4-9)8-7(11)12/h2,5,8H,1,3-4H2,(H,11,12). The number of nitrogens with zero attached hydrogens (tertiary/aromatic N) is 1. The summed E-state index contributed by atoms with van der Waals surface area (Å²) in [7, 11) is 0. The third kappa shape index (κ3) is 1.75. The average molecular weight is 170 g/mol. The lowest BCUT2D eigenvalue weighted by Crippen LogP contribution is -2.60. The summed E-state index contributed by atoms with van der Waals surface area (Å²) >= 11 is 0. The number of rotatable bonds is 2. The van der Waals surface area contributed by atoms with Crippen LogP contribution in [0.15, 0.2) is 12.7 Å². The summed E-state index contributed by atoms with van der Waals surface area (Å²) in [6.45, 7) is 4.20. The van der Waals surface area contributed by atoms with E-state index < -0.39 is 6.09 Å². The van der Waals surface area contributed by atoms with Gasteiger partial charge in [0.1, 0.15) is 0 Å². The van der Waals surface area contributed by atoms with Crippen LogP contribution in [0.5, 0.6) is 0 Å². The molecule has 0 spiro atoms. The molecule has 0 saturated carbocycles. The number of amides is 2. The van der Waals surface area contributed by atoms with Crippen molar-refractivity contribution in [3.8, 4) is 0 Å². The van der Waals surface area contributed by atoms with Gasteiger partial charge in [0, 0.05) is 13.1 Å². The van der Waals surface area contributed by atoms with Gasteiger partial charge in [0.05, 0.1) is 6.04 Å². The first kappa shape index (κ1) is 8.58. The van der Waals surface area contributed by atoms with Crippen molar-refractivity contribution < 1.29 is 14.7 Å². The molecule has 0 aliphatic carbocycles. The molecular weight excluding hydrogens is 160 g/mol. The van der Waals surface area contributed by atoms with Gasteiger partial charge < -0.3 is 15.3 Å². The molecule has 0 radical (unpaired) electrons. The highest BCUT2D eigenvalue weighted by Crippen LogP contribution is 2.07. The molecule has 2 amide bonds. The Balaban J connectivity index is 2.24. The van der Waals surface area contributed by atoms with Crippen molar-refractivity contribution in [2.24, 2.45) is 0 Å². The Morgan fingerprint density at radius 2 is 2.17 bits per heavy atom. The van der Waals surface area contributed by atoms with Crippen molar-refractivity contribution in [3.63, 3.8) is 0 Å². The molecule has 66 valence electrons. The van der Waals surface area contributed by atoms with Crippen LogP contribution in [0.4, 0.5) is 4.79 Å². The van der Waals surface area contributed by atoms with Gasteiger partial charge in [0.25, 0.3) is 0 Å². The molecule has 1 aliphatic heterocycles. The van der Waals surface area contributed by atoms with E-state index in [1.807, 2.05) is 0 Å². The molecule has 2 N–H and O–H groups in total. The maximum atomic E-state index is 10.9. The molecule has 1 fully saturated rings. The van der Waals surface area contributed by atoms with E-state index in [0.717, 1.165) is 0 Å². The monoisotopic (exact) mass is 170 g/mol. The van der Waals surface area contributed by atoms with Crippen molar-refractivity contribution in [3.05, 3.63) is 12.7 Å². The molecule has 0 unspecified atom stereocenters. The Hall–Kier alpha value is -1.52. The van der Waals surface area contributed by atoms with Gasteiger partial charge in [-0.25, -0.2) is 4.79 Å². The van der Waals surface area contributed by atoms with Crippen LogP contribution >= 0.6 is 0 Å². The third-order valence-electron chi connectivity index (χ3n) is 1.70. The van der Waals surface area contributed by atoms with E-state index in [1.165, 1.54) is 11.0 Å². The van der Waals surface area contributed by atoms with Gasteiger partial charge in [-0.1, -0.05) is 6.58 Å². The lowest BCUT2D eigenvalue weighted by molar-refractivity contribution is -0.130. The molecular formula is C7H10N2O3. The molecule has 12 heavy (non-hydrogen) atoms. The largest absolute Gasteiger partial charge is 0.465 e. The third-order valence-corrected chi connectivity index (χ3v) is 1.70. The van der Waals surface area contributed by atoms with Crippen LogP contribution in [0.3, 0.4) is 0 Å². The van der Waals surface area contributed by atoms with Gasteiger partial charge in [-0.05, 0) is 6.08 Å². The van der Waals surface area contributed by atoms with Gasteiger partial charge in [0.2, 0.25) is 5.91 Å². The molecule has 1 saturated heterocycles. The molecule has 5 heteroatoms. The average Bonchev–Trinajstić information content (AvgIpc) is 1.94. The number of hydrogen-bond donors (Lipinski definition) is 2. The Kier molecular flexibility index (Phi) is 2.32. The van der Waals surface area contributed by atoms with Crippen LogP contribution in [0, 0.1) is 0 Å². The quantitative estimate of drug-likeness (QED) is 0.556. The van der Waals surface area contributed by atoms with Crippen molar-refractivity contribution in [1.82, 2.24) is 10.2 Å². The van der Waals surface area contributed by atoms with E-state index in [1.54, 1.807) is 0 Å². The molecule has 1 rings (SSSR count). The second-order valence-electron chi connectivity index (χ2n) is 2.59. The van der Waals surface area contributed by atoms with Crippen molar-refractivity contribution in [2.75, 3.05) is 13.1 Å². The number of hydrogen-bond acceptors (Lipinski definition) is 2. The predicted octanol–water partition coefficient (Wildman–Crippen LogP) is -0.349. The zero-order valence-electron chi connectivity index (χ0n) is 6.49. The summed E-state index contributed by atoms with van der Waals surface area (Å²) in [4.78, 5) is 22.5. The minimum Gasteiger partial charge on any atom is -0.465 e. The van der Waals surface area contributed by atoms with Gasteiger partial charge in [-0.2, -0.15) is 0 Å². The molecule has 0 atom stereocenters. The van der Waals surface area contributed by atoms with Crippen molar-refractivity contribution >= 4 is 12.0 Å². The second kappa shape index (κ2) is 3.25. The molecule has 1 aliphatic rings. The normalized spacial score (nSPS) is 16.5. The minimum atomic E-state index is -1.05. The minimum absolute atomic E-state index is 0.119. The van der Waals surface area contributed by atoms with Crippen LogP contribution in [0.25, 0.3) is 0 Å². The summed E-state index contributed by atoms with van der Waals surface area (Å²) < 4.78 is 0. The van der Waals surface area contributed by atoms with E-state index in [4.69, 9.17) is 5.11 Å². The summed E-state index contributed by atoms with van der Waals surface area (Å²) in [6, 6.07) is -0.119. The zero-order valence-corrected chi connectivity index (χ0v) is 6.49. The maximum absolute atomic E-state index is 10.9. The lowest BCUT2D eigenvalue weighted by atomic mass is 10.1. The molecule has 0 aromatic carbocycles. The second-order valence-corrected chi connectivity index (χ2v) is 2.59. The molecule has 5 nitrogen and oxygen atoms in total. The molecule has 1 heterocycles. The number of carboxylic acid groups (broad SMARTS) is 1. The van der Waals surface area contributed by atoms with Gasteiger partial charge >= 0.3 is 6.09 Å². The fraction of sp³-hybridized carbons (Fsp3) is 0.429. The predicted molar refractivity (Wildman–Crippen MR) is 41.7 cm³/mol. The first-order valence-electron chi connectivity index (χ1n) is 3.54. The molecule has 0 aromatic heterocycles. The van der Waals surface area contributed by atoms with Gasteiger partial charge in [-0.3, -0.25) is 4.79 Å². The summed E-state index contributed by atoms with van der Waals surface area (Å²) in [5.41, 5.74) is 0. The van der Waals surface area contributed by atoms with E-state index >= 15 is 0 Å². The Morgan fingerprint density at radius 1 is 1.58 bits per heavy atom. The number of carbonyl (C=O) groups is 2. The van der Waals surface area contributed by atoms with Crippen molar-refractivity contribution in [2.45, 2.75) is 6.04 Å².